The first-order valence-corrected chi connectivity index (χ1v) is 6.93. The third-order valence-electron chi connectivity index (χ3n) is 2.99. The SMILES string of the molecule is COC(=O)[C@@H](C)CSc1nc2c(c(=O)[nH]1)CCC2. The van der Waals surface area contributed by atoms with Crippen molar-refractivity contribution in [3.05, 3.63) is 21.6 Å². The number of carbonyl (C=O) groups excluding carboxylic acids is 1. The fraction of sp³-hybridized carbons (Fsp3) is 0.583. The van der Waals surface area contributed by atoms with Gasteiger partial charge in [0.15, 0.2) is 5.16 Å². The number of fused-ring (bicyclic) bond motifs is 1. The average Bonchev–Trinajstić information content (AvgIpc) is 2.83. The average molecular weight is 268 g/mol. The fourth-order valence-electron chi connectivity index (χ4n) is 1.96. The Morgan fingerprint density at radius 2 is 2.33 bits per heavy atom. The van der Waals surface area contributed by atoms with E-state index in [-0.39, 0.29) is 17.4 Å². The zero-order chi connectivity index (χ0) is 13.1. The third-order valence-corrected chi connectivity index (χ3v) is 4.13. The highest BCUT2D eigenvalue weighted by atomic mass is 32.2. The van der Waals surface area contributed by atoms with Gasteiger partial charge in [0.25, 0.3) is 5.56 Å². The first kappa shape index (κ1) is 13.1. The zero-order valence-corrected chi connectivity index (χ0v) is 11.3. The summed E-state index contributed by atoms with van der Waals surface area (Å²) in [5, 5.41) is 0.594. The van der Waals surface area contributed by atoms with Crippen LogP contribution in [-0.2, 0) is 22.4 Å². The second-order valence-electron chi connectivity index (χ2n) is 4.39. The molecule has 1 heterocycles. The molecule has 18 heavy (non-hydrogen) atoms. The van der Waals surface area contributed by atoms with E-state index in [4.69, 9.17) is 0 Å². The van der Waals surface area contributed by atoms with E-state index in [0.717, 1.165) is 30.5 Å². The first-order chi connectivity index (χ1) is 8.61. The number of methoxy groups -OCH3 is 1. The summed E-state index contributed by atoms with van der Waals surface area (Å²) in [5.74, 6) is 0.0959. The van der Waals surface area contributed by atoms with Gasteiger partial charge in [0.05, 0.1) is 18.7 Å². The smallest absolute Gasteiger partial charge is 0.309 e. The number of aryl methyl sites for hydroxylation is 1. The van der Waals surface area contributed by atoms with Crippen molar-refractivity contribution in [2.75, 3.05) is 12.9 Å². The van der Waals surface area contributed by atoms with E-state index in [1.807, 2.05) is 0 Å². The van der Waals surface area contributed by atoms with E-state index in [9.17, 15) is 9.59 Å². The van der Waals surface area contributed by atoms with Crippen molar-refractivity contribution in [2.45, 2.75) is 31.3 Å². The number of thioether (sulfide) groups is 1. The molecule has 0 aliphatic heterocycles. The fourth-order valence-corrected chi connectivity index (χ4v) is 2.84. The Morgan fingerprint density at radius 1 is 1.56 bits per heavy atom. The molecule has 0 amide bonds. The number of rotatable bonds is 4. The summed E-state index contributed by atoms with van der Waals surface area (Å²) < 4.78 is 4.65. The molecule has 0 radical (unpaired) electrons. The highest BCUT2D eigenvalue weighted by Gasteiger charge is 2.18. The molecule has 6 heteroatoms. The van der Waals surface area contributed by atoms with Crippen molar-refractivity contribution in [1.29, 1.82) is 0 Å². The molecular formula is C12H16N2O3S. The van der Waals surface area contributed by atoms with E-state index in [2.05, 4.69) is 14.7 Å². The monoisotopic (exact) mass is 268 g/mol. The lowest BCUT2D eigenvalue weighted by Gasteiger charge is -2.08. The van der Waals surface area contributed by atoms with Crippen LogP contribution in [0.5, 0.6) is 0 Å². The minimum absolute atomic E-state index is 0.0364. The van der Waals surface area contributed by atoms with Gasteiger partial charge < -0.3 is 9.72 Å². The molecular weight excluding hydrogens is 252 g/mol. The maximum Gasteiger partial charge on any atom is 0.309 e. The van der Waals surface area contributed by atoms with Crippen LogP contribution in [0.2, 0.25) is 0 Å². The molecule has 5 nitrogen and oxygen atoms in total. The van der Waals surface area contributed by atoms with Gasteiger partial charge in [-0.3, -0.25) is 9.59 Å². The highest BCUT2D eigenvalue weighted by molar-refractivity contribution is 7.99. The number of aromatic nitrogens is 2. The lowest BCUT2D eigenvalue weighted by molar-refractivity contribution is -0.143. The molecule has 0 fully saturated rings. The van der Waals surface area contributed by atoms with Crippen LogP contribution in [0.1, 0.15) is 24.6 Å². The number of hydrogen-bond donors (Lipinski definition) is 1. The molecule has 1 N–H and O–H groups in total. The topological polar surface area (TPSA) is 72.0 Å². The van der Waals surface area contributed by atoms with Crippen molar-refractivity contribution in [3.8, 4) is 0 Å². The molecule has 0 unspecified atom stereocenters. The van der Waals surface area contributed by atoms with Crippen molar-refractivity contribution < 1.29 is 9.53 Å². The number of H-pyrrole nitrogens is 1. The Hall–Kier alpha value is -1.30. The Labute approximate surface area is 109 Å². The predicted octanol–water partition coefficient (Wildman–Crippen LogP) is 1.16. The van der Waals surface area contributed by atoms with Gasteiger partial charge in [-0.1, -0.05) is 18.7 Å². The van der Waals surface area contributed by atoms with Crippen LogP contribution >= 0.6 is 11.8 Å². The summed E-state index contributed by atoms with van der Waals surface area (Å²) in [6.07, 6.45) is 2.69. The molecule has 1 aromatic heterocycles. The molecule has 0 saturated heterocycles. The van der Waals surface area contributed by atoms with Crippen molar-refractivity contribution >= 4 is 17.7 Å². The Balaban J connectivity index is 2.05. The van der Waals surface area contributed by atoms with Gasteiger partial charge in [0.1, 0.15) is 0 Å². The Kier molecular flexibility index (Phi) is 4.06. The van der Waals surface area contributed by atoms with E-state index in [1.54, 1.807) is 6.92 Å². The molecule has 1 aliphatic carbocycles. The van der Waals surface area contributed by atoms with Crippen molar-refractivity contribution in [3.63, 3.8) is 0 Å². The quantitative estimate of drug-likeness (QED) is 0.504. The van der Waals surface area contributed by atoms with E-state index >= 15 is 0 Å². The number of nitrogens with one attached hydrogen (secondary N) is 1. The summed E-state index contributed by atoms with van der Waals surface area (Å²) >= 11 is 1.38. The lowest BCUT2D eigenvalue weighted by Crippen LogP contribution is -2.17. The van der Waals surface area contributed by atoms with Crippen LogP contribution in [0, 0.1) is 5.92 Å². The molecule has 0 aromatic carbocycles. The minimum atomic E-state index is -0.244. The Morgan fingerprint density at radius 3 is 3.06 bits per heavy atom. The standard InChI is InChI=1S/C12H16N2O3S/c1-7(11(16)17-2)6-18-12-13-9-5-3-4-8(9)10(15)14-12/h7H,3-6H2,1-2H3,(H,13,14,15)/t7-/m0/s1. The van der Waals surface area contributed by atoms with Gasteiger partial charge >= 0.3 is 5.97 Å². The van der Waals surface area contributed by atoms with E-state index < -0.39 is 0 Å². The molecule has 2 rings (SSSR count). The molecule has 1 atom stereocenters. The number of carbonyl (C=O) groups is 1. The number of nitrogens with zero attached hydrogens (tertiary/aromatic N) is 1. The molecule has 1 aromatic rings. The lowest BCUT2D eigenvalue weighted by atomic mass is 10.2. The number of esters is 1. The normalized spacial score (nSPS) is 15.2. The number of ether oxygens (including phenoxy) is 1. The molecule has 0 bridgehead atoms. The zero-order valence-electron chi connectivity index (χ0n) is 10.5. The van der Waals surface area contributed by atoms with Crippen LogP contribution in [-0.4, -0.2) is 28.8 Å². The van der Waals surface area contributed by atoms with Crippen LogP contribution in [0.15, 0.2) is 9.95 Å². The number of aromatic amines is 1. The van der Waals surface area contributed by atoms with Gasteiger partial charge in [0, 0.05) is 11.3 Å². The second kappa shape index (κ2) is 5.56. The van der Waals surface area contributed by atoms with Gasteiger partial charge in [-0.25, -0.2) is 4.98 Å². The predicted molar refractivity (Wildman–Crippen MR) is 68.8 cm³/mol. The van der Waals surface area contributed by atoms with Crippen LogP contribution in [0.25, 0.3) is 0 Å². The van der Waals surface area contributed by atoms with Crippen LogP contribution in [0.4, 0.5) is 0 Å². The third kappa shape index (κ3) is 2.75. The molecule has 1 aliphatic rings. The second-order valence-corrected chi connectivity index (χ2v) is 5.39. The first-order valence-electron chi connectivity index (χ1n) is 5.94. The Bertz CT molecular complexity index is 513. The summed E-state index contributed by atoms with van der Waals surface area (Å²) in [6.45, 7) is 1.80. The van der Waals surface area contributed by atoms with Gasteiger partial charge in [0.2, 0.25) is 0 Å². The van der Waals surface area contributed by atoms with Crippen LogP contribution < -0.4 is 5.56 Å². The largest absolute Gasteiger partial charge is 0.469 e. The van der Waals surface area contributed by atoms with Crippen molar-refractivity contribution in [2.24, 2.45) is 5.92 Å². The highest BCUT2D eigenvalue weighted by Crippen LogP contribution is 2.21. The van der Waals surface area contributed by atoms with Crippen molar-refractivity contribution in [1.82, 2.24) is 9.97 Å². The molecule has 0 spiro atoms. The van der Waals surface area contributed by atoms with Gasteiger partial charge in [-0.2, -0.15) is 0 Å². The van der Waals surface area contributed by atoms with Crippen LogP contribution in [0.3, 0.4) is 0 Å². The minimum Gasteiger partial charge on any atom is -0.469 e. The maximum absolute atomic E-state index is 11.8. The summed E-state index contributed by atoms with van der Waals surface area (Å²) in [4.78, 5) is 30.2. The summed E-state index contributed by atoms with van der Waals surface area (Å²) in [6, 6.07) is 0. The van der Waals surface area contributed by atoms with Gasteiger partial charge in [-0.05, 0) is 19.3 Å². The van der Waals surface area contributed by atoms with E-state index in [1.165, 1.54) is 18.9 Å². The summed E-state index contributed by atoms with van der Waals surface area (Å²) in [5.41, 5.74) is 1.69. The van der Waals surface area contributed by atoms with E-state index in [0.29, 0.717) is 10.9 Å². The molecule has 0 saturated carbocycles. The number of hydrogen-bond acceptors (Lipinski definition) is 5. The van der Waals surface area contributed by atoms with Gasteiger partial charge in [-0.15, -0.1) is 0 Å². The summed E-state index contributed by atoms with van der Waals surface area (Å²) in [7, 11) is 1.37. The maximum atomic E-state index is 11.8. The molecule has 98 valence electrons.